The minimum atomic E-state index is -0.703. The van der Waals surface area contributed by atoms with Gasteiger partial charge in [-0.3, -0.25) is 14.5 Å². The Labute approximate surface area is 221 Å². The van der Waals surface area contributed by atoms with Crippen LogP contribution in [0.4, 0.5) is 0 Å². The number of carbonyl (C=O) groups excluding carboxylic acids is 2. The van der Waals surface area contributed by atoms with Gasteiger partial charge in [-0.2, -0.15) is 0 Å². The van der Waals surface area contributed by atoms with E-state index in [2.05, 4.69) is 17.1 Å². The zero-order chi connectivity index (χ0) is 26.5. The van der Waals surface area contributed by atoms with Gasteiger partial charge in [0.25, 0.3) is 0 Å². The van der Waals surface area contributed by atoms with E-state index in [-0.39, 0.29) is 36.3 Å². The molecule has 0 spiro atoms. The van der Waals surface area contributed by atoms with Crippen molar-refractivity contribution in [2.45, 2.75) is 116 Å². The van der Waals surface area contributed by atoms with Crippen molar-refractivity contribution in [1.82, 2.24) is 10.2 Å². The van der Waals surface area contributed by atoms with E-state index in [1.807, 2.05) is 39.2 Å². The number of rotatable bonds is 5. The number of esters is 1. The summed E-state index contributed by atoms with van der Waals surface area (Å²) in [6.07, 6.45) is 7.05. The normalized spacial score (nSPS) is 36.5. The van der Waals surface area contributed by atoms with E-state index in [1.54, 1.807) is 11.8 Å². The highest BCUT2D eigenvalue weighted by atomic mass is 32.2. The molecule has 0 bridgehead atoms. The van der Waals surface area contributed by atoms with Crippen LogP contribution in [0.25, 0.3) is 0 Å². The second-order valence-corrected chi connectivity index (χ2v) is 12.5. The van der Waals surface area contributed by atoms with E-state index in [4.69, 9.17) is 4.74 Å². The van der Waals surface area contributed by atoms with E-state index in [9.17, 15) is 19.8 Å². The molecule has 0 amide bonds. The van der Waals surface area contributed by atoms with E-state index >= 15 is 0 Å². The lowest BCUT2D eigenvalue weighted by atomic mass is 9.76. The van der Waals surface area contributed by atoms with Gasteiger partial charge in [0.1, 0.15) is 11.9 Å². The van der Waals surface area contributed by atoms with Crippen LogP contribution in [0.3, 0.4) is 0 Å². The fourth-order valence-electron chi connectivity index (χ4n) is 5.59. The van der Waals surface area contributed by atoms with E-state index in [0.29, 0.717) is 24.9 Å². The molecule has 2 saturated heterocycles. The third-order valence-electron chi connectivity index (χ3n) is 8.02. The van der Waals surface area contributed by atoms with Crippen molar-refractivity contribution >= 4 is 23.5 Å². The van der Waals surface area contributed by atoms with E-state index in [0.717, 1.165) is 49.9 Å². The Bertz CT molecular complexity index is 842. The lowest BCUT2D eigenvalue weighted by molar-refractivity contribution is -0.148. The third kappa shape index (κ3) is 7.59. The summed E-state index contributed by atoms with van der Waals surface area (Å²) in [7, 11) is 0. The standard InChI is InChI=1S/C28H46N2O5S/c1-6-13-30-21-9-7-8-10-23(32)19(3)27(34)28(4,5)12-11-26(33)35-24(15-22(21)30)18(2)14-20-17-36-25(16-31)29-20/h14,17,19,21-25,29,31-32H,6-13,15-16H2,1-5H3/b18-14+/t19-,21?,22?,23?,24?,25?,30?/m1/s1. The molecule has 3 rings (SSSR count). The average Bonchev–Trinajstić information content (AvgIpc) is 3.26. The number of allylic oxidation sites excluding steroid dienone is 1. The van der Waals surface area contributed by atoms with Crippen molar-refractivity contribution in [3.8, 4) is 0 Å². The molecular formula is C28H46N2O5S. The van der Waals surface area contributed by atoms with Gasteiger partial charge in [-0.25, -0.2) is 0 Å². The van der Waals surface area contributed by atoms with Crippen molar-refractivity contribution in [2.24, 2.45) is 11.3 Å². The summed E-state index contributed by atoms with van der Waals surface area (Å²) in [6, 6.07) is 0.853. The van der Waals surface area contributed by atoms with Gasteiger partial charge in [0.2, 0.25) is 0 Å². The van der Waals surface area contributed by atoms with Crippen molar-refractivity contribution in [3.63, 3.8) is 0 Å². The summed E-state index contributed by atoms with van der Waals surface area (Å²) in [4.78, 5) is 28.6. The molecule has 7 nitrogen and oxygen atoms in total. The Morgan fingerprint density at radius 3 is 2.67 bits per heavy atom. The molecule has 6 unspecified atom stereocenters. The second kappa shape index (κ2) is 12.9. The van der Waals surface area contributed by atoms with Crippen molar-refractivity contribution in [1.29, 1.82) is 0 Å². The number of cyclic esters (lactones) is 1. The molecule has 8 heteroatoms. The first-order valence-electron chi connectivity index (χ1n) is 13.7. The summed E-state index contributed by atoms with van der Waals surface area (Å²) in [5.41, 5.74) is 1.21. The fraction of sp³-hybridized carbons (Fsp3) is 0.786. The summed E-state index contributed by atoms with van der Waals surface area (Å²) < 4.78 is 6.07. The van der Waals surface area contributed by atoms with Gasteiger partial charge in [0, 0.05) is 42.0 Å². The quantitative estimate of drug-likeness (QED) is 0.366. The number of fused-ring (bicyclic) bond motifs is 1. The fourth-order valence-corrected chi connectivity index (χ4v) is 6.33. The molecule has 204 valence electrons. The Morgan fingerprint density at radius 2 is 2.00 bits per heavy atom. The van der Waals surface area contributed by atoms with Crippen LogP contribution in [0.5, 0.6) is 0 Å². The van der Waals surface area contributed by atoms with Crippen LogP contribution in [0.15, 0.2) is 22.8 Å². The Morgan fingerprint density at radius 1 is 1.28 bits per heavy atom. The van der Waals surface area contributed by atoms with Crippen LogP contribution in [0.2, 0.25) is 0 Å². The van der Waals surface area contributed by atoms with Crippen LogP contribution >= 0.6 is 11.8 Å². The van der Waals surface area contributed by atoms with Crippen LogP contribution in [0, 0.1) is 11.3 Å². The zero-order valence-electron chi connectivity index (χ0n) is 22.7. The van der Waals surface area contributed by atoms with Gasteiger partial charge in [0.15, 0.2) is 0 Å². The van der Waals surface area contributed by atoms with Crippen molar-refractivity contribution < 1.29 is 24.5 Å². The highest BCUT2D eigenvalue weighted by molar-refractivity contribution is 8.03. The van der Waals surface area contributed by atoms with Crippen LogP contribution in [-0.2, 0) is 14.3 Å². The maximum absolute atomic E-state index is 13.1. The van der Waals surface area contributed by atoms with E-state index in [1.165, 1.54) is 0 Å². The first kappa shape index (κ1) is 29.2. The van der Waals surface area contributed by atoms with Crippen LogP contribution in [0.1, 0.15) is 86.0 Å². The highest BCUT2D eigenvalue weighted by Gasteiger charge is 2.47. The van der Waals surface area contributed by atoms with Crippen molar-refractivity contribution in [2.75, 3.05) is 13.2 Å². The van der Waals surface area contributed by atoms with Gasteiger partial charge in [-0.05, 0) is 56.2 Å². The van der Waals surface area contributed by atoms with E-state index < -0.39 is 17.4 Å². The summed E-state index contributed by atoms with van der Waals surface area (Å²) in [5, 5.41) is 25.3. The third-order valence-corrected chi connectivity index (χ3v) is 9.01. The summed E-state index contributed by atoms with van der Waals surface area (Å²) in [6.45, 7) is 10.8. The van der Waals surface area contributed by atoms with Gasteiger partial charge in [-0.1, -0.05) is 40.5 Å². The van der Waals surface area contributed by atoms with Gasteiger partial charge in [-0.15, -0.1) is 11.8 Å². The highest BCUT2D eigenvalue weighted by Crippen LogP contribution is 2.39. The molecule has 0 aromatic rings. The molecule has 7 atom stereocenters. The average molecular weight is 523 g/mol. The number of hydrogen-bond acceptors (Lipinski definition) is 8. The lowest BCUT2D eigenvalue weighted by Gasteiger charge is -2.29. The number of ketones is 1. The predicted octanol–water partition coefficient (Wildman–Crippen LogP) is 4.14. The maximum atomic E-state index is 13.1. The maximum Gasteiger partial charge on any atom is 0.306 e. The molecule has 3 aliphatic heterocycles. The minimum Gasteiger partial charge on any atom is -0.458 e. The molecule has 3 aliphatic rings. The van der Waals surface area contributed by atoms with Crippen LogP contribution in [-0.4, -0.2) is 69.7 Å². The number of Topliss-reactive ketones (excluding diaryl/α,β-unsaturated/α-hetero) is 1. The molecule has 0 aromatic heterocycles. The second-order valence-electron chi connectivity index (χ2n) is 11.4. The number of nitrogens with zero attached hydrogens (tertiary/aromatic N) is 1. The molecule has 36 heavy (non-hydrogen) atoms. The molecule has 2 fully saturated rings. The molecule has 0 radical (unpaired) electrons. The SMILES string of the molecule is CCCN1C2CCCCC(O)[C@@H](C)C(=O)C(C)(C)CCC(=O)OC(/C(C)=C/C3=CSC(CO)N3)CC21. The number of aliphatic hydroxyl groups excluding tert-OH is 2. The molecule has 3 heterocycles. The zero-order valence-corrected chi connectivity index (χ0v) is 23.5. The number of hydrogen-bond donors (Lipinski definition) is 3. The Balaban J connectivity index is 1.78. The molecule has 3 N–H and O–H groups in total. The first-order valence-corrected chi connectivity index (χ1v) is 14.6. The number of ether oxygens (including phenoxy) is 1. The number of carbonyl (C=O) groups is 2. The number of nitrogens with one attached hydrogen (secondary N) is 1. The van der Waals surface area contributed by atoms with Gasteiger partial charge < -0.3 is 20.3 Å². The molecule has 0 aliphatic carbocycles. The summed E-state index contributed by atoms with van der Waals surface area (Å²) in [5.74, 6) is -0.724. The lowest BCUT2D eigenvalue weighted by Crippen LogP contribution is -2.36. The molecule has 0 saturated carbocycles. The first-order chi connectivity index (χ1) is 17.1. The topological polar surface area (TPSA) is 98.9 Å². The van der Waals surface area contributed by atoms with Crippen molar-refractivity contribution in [3.05, 3.63) is 22.8 Å². The molecule has 0 aromatic carbocycles. The number of aliphatic hydroxyl groups is 2. The predicted molar refractivity (Wildman–Crippen MR) is 144 cm³/mol. The van der Waals surface area contributed by atoms with Gasteiger partial charge in [0.05, 0.1) is 18.1 Å². The van der Waals surface area contributed by atoms with Gasteiger partial charge >= 0.3 is 5.97 Å². The monoisotopic (exact) mass is 522 g/mol. The summed E-state index contributed by atoms with van der Waals surface area (Å²) >= 11 is 1.55. The smallest absolute Gasteiger partial charge is 0.306 e. The van der Waals surface area contributed by atoms with Crippen LogP contribution < -0.4 is 5.32 Å². The largest absolute Gasteiger partial charge is 0.458 e. The number of thioether (sulfide) groups is 1. The Hall–Kier alpha value is -1.35. The molecular weight excluding hydrogens is 476 g/mol. The Kier molecular flexibility index (Phi) is 10.5. The minimum absolute atomic E-state index is 0.00841.